The van der Waals surface area contributed by atoms with E-state index in [-0.39, 0.29) is 28.8 Å². The summed E-state index contributed by atoms with van der Waals surface area (Å²) in [5.74, 6) is -0.0176. The maximum absolute atomic E-state index is 14.1. The number of sulfonamides is 1. The van der Waals surface area contributed by atoms with E-state index in [4.69, 9.17) is 9.47 Å². The molecule has 41 heavy (non-hydrogen) atoms. The first-order valence-corrected chi connectivity index (χ1v) is 15.0. The molecule has 0 aliphatic heterocycles. The van der Waals surface area contributed by atoms with E-state index >= 15 is 0 Å². The number of nitrogens with zero attached hydrogens (tertiary/aromatic N) is 2. The summed E-state index contributed by atoms with van der Waals surface area (Å²) in [7, 11) is -1.30. The van der Waals surface area contributed by atoms with Crippen LogP contribution in [0.3, 0.4) is 0 Å². The molecular formula is C31H39N3O6S. The fourth-order valence-corrected chi connectivity index (χ4v) is 5.82. The smallest absolute Gasteiger partial charge is 0.264 e. The Balaban J connectivity index is 2.08. The van der Waals surface area contributed by atoms with Gasteiger partial charge in [-0.1, -0.05) is 55.8 Å². The van der Waals surface area contributed by atoms with E-state index in [9.17, 15) is 18.0 Å². The number of benzene rings is 3. The largest absolute Gasteiger partial charge is 0.497 e. The summed E-state index contributed by atoms with van der Waals surface area (Å²) in [6.07, 6.45) is 1.10. The molecular weight excluding hydrogens is 542 g/mol. The van der Waals surface area contributed by atoms with Crippen molar-refractivity contribution in [1.82, 2.24) is 10.2 Å². The van der Waals surface area contributed by atoms with Crippen LogP contribution in [0.25, 0.3) is 0 Å². The zero-order valence-electron chi connectivity index (χ0n) is 24.3. The Labute approximate surface area is 243 Å². The van der Waals surface area contributed by atoms with Crippen LogP contribution in [0.4, 0.5) is 5.69 Å². The summed E-state index contributed by atoms with van der Waals surface area (Å²) in [5, 5.41) is 2.89. The van der Waals surface area contributed by atoms with Crippen LogP contribution in [0.1, 0.15) is 37.8 Å². The maximum atomic E-state index is 14.1. The summed E-state index contributed by atoms with van der Waals surface area (Å²) in [4.78, 5) is 28.8. The van der Waals surface area contributed by atoms with Gasteiger partial charge in [0.15, 0.2) is 0 Å². The third kappa shape index (κ3) is 7.79. The number of carbonyl (C=O) groups excluding carboxylic acids is 2. The van der Waals surface area contributed by atoms with E-state index in [2.05, 4.69) is 5.32 Å². The first-order chi connectivity index (χ1) is 19.7. The van der Waals surface area contributed by atoms with Gasteiger partial charge < -0.3 is 19.7 Å². The van der Waals surface area contributed by atoms with Crippen molar-refractivity contribution in [3.8, 4) is 11.5 Å². The molecule has 3 aromatic rings. The maximum Gasteiger partial charge on any atom is 0.264 e. The lowest BCUT2D eigenvalue weighted by Gasteiger charge is -2.33. The number of para-hydroxylation sites is 2. The average molecular weight is 582 g/mol. The molecule has 2 amide bonds. The minimum atomic E-state index is -4.24. The van der Waals surface area contributed by atoms with Gasteiger partial charge in [-0.3, -0.25) is 13.9 Å². The summed E-state index contributed by atoms with van der Waals surface area (Å²) in [6.45, 7) is 5.82. The molecule has 1 N–H and O–H groups in total. The number of anilines is 1. The first kappa shape index (κ1) is 31.5. The molecule has 0 unspecified atom stereocenters. The van der Waals surface area contributed by atoms with Crippen LogP contribution in [0.5, 0.6) is 11.5 Å². The minimum absolute atomic E-state index is 0.0187. The van der Waals surface area contributed by atoms with Crippen LogP contribution >= 0.6 is 0 Å². The Morgan fingerprint density at radius 2 is 1.56 bits per heavy atom. The lowest BCUT2D eigenvalue weighted by atomic mass is 10.1. The number of ether oxygens (including phenoxy) is 2. The van der Waals surface area contributed by atoms with Gasteiger partial charge in [-0.05, 0) is 61.7 Å². The Morgan fingerprint density at radius 3 is 2.15 bits per heavy atom. The molecule has 1 atom stereocenters. The molecule has 10 heteroatoms. The van der Waals surface area contributed by atoms with Crippen molar-refractivity contribution >= 4 is 27.5 Å². The van der Waals surface area contributed by atoms with E-state index in [1.54, 1.807) is 36.4 Å². The molecule has 0 spiro atoms. The van der Waals surface area contributed by atoms with E-state index in [1.807, 2.05) is 45.0 Å². The first-order valence-electron chi connectivity index (χ1n) is 13.6. The number of amides is 2. The van der Waals surface area contributed by atoms with Crippen molar-refractivity contribution in [2.45, 2.75) is 51.1 Å². The highest BCUT2D eigenvalue weighted by Gasteiger charge is 2.34. The van der Waals surface area contributed by atoms with Gasteiger partial charge in [0.1, 0.15) is 24.1 Å². The lowest BCUT2D eigenvalue weighted by molar-refractivity contribution is -0.140. The van der Waals surface area contributed by atoms with E-state index in [0.717, 1.165) is 21.9 Å². The van der Waals surface area contributed by atoms with Gasteiger partial charge in [-0.2, -0.15) is 0 Å². The van der Waals surface area contributed by atoms with Crippen LogP contribution in [0, 0.1) is 6.92 Å². The Hall–Kier alpha value is -4.05. The molecule has 0 bridgehead atoms. The molecule has 0 aliphatic carbocycles. The van der Waals surface area contributed by atoms with Gasteiger partial charge >= 0.3 is 0 Å². The summed E-state index contributed by atoms with van der Waals surface area (Å²) in [6, 6.07) is 19.4. The Kier molecular flexibility index (Phi) is 11.2. The predicted molar refractivity (Wildman–Crippen MR) is 160 cm³/mol. The normalized spacial score (nSPS) is 11.8. The van der Waals surface area contributed by atoms with Crippen molar-refractivity contribution in [2.24, 2.45) is 0 Å². The summed E-state index contributed by atoms with van der Waals surface area (Å²) >= 11 is 0. The molecule has 0 aromatic heterocycles. The van der Waals surface area contributed by atoms with Crippen molar-refractivity contribution in [2.75, 3.05) is 31.6 Å². The van der Waals surface area contributed by atoms with Crippen molar-refractivity contribution in [1.29, 1.82) is 0 Å². The molecule has 3 aromatic carbocycles. The molecule has 0 heterocycles. The van der Waals surface area contributed by atoms with E-state index in [0.29, 0.717) is 18.7 Å². The van der Waals surface area contributed by atoms with Gasteiger partial charge in [0.25, 0.3) is 10.0 Å². The van der Waals surface area contributed by atoms with Crippen molar-refractivity contribution in [3.63, 3.8) is 0 Å². The zero-order valence-corrected chi connectivity index (χ0v) is 25.1. The second-order valence-electron chi connectivity index (χ2n) is 9.58. The average Bonchev–Trinajstić information content (AvgIpc) is 2.99. The number of methoxy groups -OCH3 is 2. The molecule has 0 saturated carbocycles. The number of nitrogens with one attached hydrogen (secondary N) is 1. The minimum Gasteiger partial charge on any atom is -0.497 e. The van der Waals surface area contributed by atoms with Crippen LogP contribution in [0.2, 0.25) is 0 Å². The standard InChI is InChI=1S/C31H39N3O6S/c1-6-20-32-31(36)27(7-2)33(21-24-14-12-23(3)13-15-24)30(35)22-34(28-10-8-9-11-29(28)40-5)41(37,38)26-18-16-25(39-4)17-19-26/h8-19,27H,6-7,20-22H2,1-5H3,(H,32,36)/t27-/m0/s1. The van der Waals surface area contributed by atoms with Gasteiger partial charge in [0, 0.05) is 13.1 Å². The van der Waals surface area contributed by atoms with Crippen molar-refractivity contribution in [3.05, 3.63) is 83.9 Å². The molecule has 0 fully saturated rings. The molecule has 0 aliphatic rings. The second kappa shape index (κ2) is 14.5. The van der Waals surface area contributed by atoms with Crippen LogP contribution in [-0.4, -0.2) is 58.5 Å². The fourth-order valence-electron chi connectivity index (χ4n) is 4.40. The lowest BCUT2D eigenvalue weighted by Crippen LogP contribution is -2.52. The third-order valence-electron chi connectivity index (χ3n) is 6.69. The highest BCUT2D eigenvalue weighted by molar-refractivity contribution is 7.92. The third-order valence-corrected chi connectivity index (χ3v) is 8.46. The molecule has 220 valence electrons. The number of aryl methyl sites for hydroxylation is 1. The quantitative estimate of drug-likeness (QED) is 0.300. The van der Waals surface area contributed by atoms with Gasteiger partial charge in [-0.15, -0.1) is 0 Å². The number of hydrogen-bond donors (Lipinski definition) is 1. The fraction of sp³-hybridized carbons (Fsp3) is 0.355. The number of hydrogen-bond acceptors (Lipinski definition) is 6. The van der Waals surface area contributed by atoms with E-state index in [1.165, 1.54) is 31.3 Å². The summed E-state index contributed by atoms with van der Waals surface area (Å²) in [5.41, 5.74) is 2.10. The van der Waals surface area contributed by atoms with Crippen LogP contribution in [-0.2, 0) is 26.2 Å². The zero-order chi connectivity index (χ0) is 30.0. The predicted octanol–water partition coefficient (Wildman–Crippen LogP) is 4.54. The van der Waals surface area contributed by atoms with E-state index < -0.39 is 28.5 Å². The highest BCUT2D eigenvalue weighted by Crippen LogP contribution is 2.33. The van der Waals surface area contributed by atoms with Crippen molar-refractivity contribution < 1.29 is 27.5 Å². The topological polar surface area (TPSA) is 105 Å². The molecule has 0 saturated heterocycles. The Bertz CT molecular complexity index is 1410. The second-order valence-corrected chi connectivity index (χ2v) is 11.4. The van der Waals surface area contributed by atoms with Gasteiger partial charge in [-0.25, -0.2) is 8.42 Å². The van der Waals surface area contributed by atoms with Gasteiger partial charge in [0.05, 0.1) is 24.8 Å². The monoisotopic (exact) mass is 581 g/mol. The molecule has 0 radical (unpaired) electrons. The Morgan fingerprint density at radius 1 is 0.902 bits per heavy atom. The SMILES string of the molecule is CCCNC(=O)[C@H](CC)N(Cc1ccc(C)cc1)C(=O)CN(c1ccccc1OC)S(=O)(=O)c1ccc(OC)cc1. The number of rotatable bonds is 14. The van der Waals surface area contributed by atoms with Crippen LogP contribution < -0.4 is 19.1 Å². The van der Waals surface area contributed by atoms with Crippen LogP contribution in [0.15, 0.2) is 77.7 Å². The number of carbonyl (C=O) groups is 2. The van der Waals surface area contributed by atoms with Gasteiger partial charge in [0.2, 0.25) is 11.8 Å². The summed E-state index contributed by atoms with van der Waals surface area (Å²) < 4.78 is 39.8. The molecule has 3 rings (SSSR count). The molecule has 9 nitrogen and oxygen atoms in total. The highest BCUT2D eigenvalue weighted by atomic mass is 32.2.